The molecule has 6 nitrogen and oxygen atoms in total. The van der Waals surface area contributed by atoms with E-state index in [4.69, 9.17) is 11.6 Å². The van der Waals surface area contributed by atoms with Crippen LogP contribution in [0.1, 0.15) is 5.69 Å². The lowest BCUT2D eigenvalue weighted by molar-refractivity contribution is 1.12. The van der Waals surface area contributed by atoms with Gasteiger partial charge in [0.25, 0.3) is 0 Å². The van der Waals surface area contributed by atoms with Crippen molar-refractivity contribution in [3.63, 3.8) is 0 Å². The Bertz CT molecular complexity index is 1290. The zero-order chi connectivity index (χ0) is 18.4. The van der Waals surface area contributed by atoms with Gasteiger partial charge in [-0.25, -0.2) is 9.97 Å². The zero-order valence-electron chi connectivity index (χ0n) is 14.4. The van der Waals surface area contributed by atoms with Gasteiger partial charge in [-0.2, -0.15) is 5.10 Å². The summed E-state index contributed by atoms with van der Waals surface area (Å²) in [6, 6.07) is 13.9. The fourth-order valence-corrected chi connectivity index (χ4v) is 3.46. The third-order valence-electron chi connectivity index (χ3n) is 4.49. The monoisotopic (exact) mass is 374 g/mol. The van der Waals surface area contributed by atoms with Crippen LogP contribution in [0.15, 0.2) is 54.9 Å². The first kappa shape index (κ1) is 15.8. The number of halogens is 1. The van der Waals surface area contributed by atoms with E-state index in [0.717, 1.165) is 33.4 Å². The number of fused-ring (bicyclic) bond motifs is 2. The molecule has 0 aliphatic heterocycles. The fourth-order valence-electron chi connectivity index (χ4n) is 3.20. The maximum atomic E-state index is 6.49. The van der Waals surface area contributed by atoms with E-state index in [0.29, 0.717) is 16.7 Å². The second-order valence-corrected chi connectivity index (χ2v) is 6.78. The first-order chi connectivity index (χ1) is 13.2. The summed E-state index contributed by atoms with van der Waals surface area (Å²) in [7, 11) is 0. The highest BCUT2D eigenvalue weighted by Gasteiger charge is 2.10. The molecule has 2 aromatic carbocycles. The van der Waals surface area contributed by atoms with E-state index < -0.39 is 0 Å². The summed E-state index contributed by atoms with van der Waals surface area (Å²) in [6.45, 7) is 2.04. The number of nitrogens with zero attached hydrogens (tertiary/aromatic N) is 3. The lowest BCUT2D eigenvalue weighted by atomic mass is 10.1. The Morgan fingerprint density at radius 3 is 2.89 bits per heavy atom. The molecule has 3 heterocycles. The van der Waals surface area contributed by atoms with Gasteiger partial charge in [-0.05, 0) is 42.6 Å². The van der Waals surface area contributed by atoms with Crippen LogP contribution in [0.3, 0.4) is 0 Å². The summed E-state index contributed by atoms with van der Waals surface area (Å²) in [5, 5.41) is 12.8. The van der Waals surface area contributed by atoms with Gasteiger partial charge in [-0.3, -0.25) is 5.10 Å². The topological polar surface area (TPSA) is 82.3 Å². The molecule has 0 radical (unpaired) electrons. The van der Waals surface area contributed by atoms with Crippen molar-refractivity contribution in [1.29, 1.82) is 0 Å². The fraction of sp³-hybridized carbons (Fsp3) is 0.0500. The molecule has 0 saturated carbocycles. The van der Waals surface area contributed by atoms with Crippen LogP contribution in [0, 0.1) is 6.92 Å². The SMILES string of the molecule is Cc1cc2ccc(-c3nccc(Nc4ccc5[nH]ncc5c4Cl)n3)cc2[nH]1. The maximum Gasteiger partial charge on any atom is 0.161 e. The van der Waals surface area contributed by atoms with Crippen molar-refractivity contribution in [2.45, 2.75) is 6.92 Å². The van der Waals surface area contributed by atoms with E-state index in [1.54, 1.807) is 12.4 Å². The third kappa shape index (κ3) is 2.80. The lowest BCUT2D eigenvalue weighted by Crippen LogP contribution is -1.97. The van der Waals surface area contributed by atoms with Gasteiger partial charge < -0.3 is 10.3 Å². The Labute approximate surface area is 159 Å². The highest BCUT2D eigenvalue weighted by molar-refractivity contribution is 6.38. The molecule has 0 bridgehead atoms. The van der Waals surface area contributed by atoms with Crippen LogP contribution in [-0.4, -0.2) is 25.1 Å². The minimum absolute atomic E-state index is 0.602. The minimum Gasteiger partial charge on any atom is -0.359 e. The van der Waals surface area contributed by atoms with E-state index in [1.807, 2.05) is 31.2 Å². The van der Waals surface area contributed by atoms with Crippen molar-refractivity contribution in [2.75, 3.05) is 5.32 Å². The van der Waals surface area contributed by atoms with Crippen LogP contribution < -0.4 is 5.32 Å². The number of aromatic amines is 2. The van der Waals surface area contributed by atoms with Gasteiger partial charge in [0.1, 0.15) is 5.82 Å². The van der Waals surface area contributed by atoms with Crippen molar-refractivity contribution in [3.8, 4) is 11.4 Å². The van der Waals surface area contributed by atoms with Gasteiger partial charge in [-0.15, -0.1) is 0 Å². The Morgan fingerprint density at radius 1 is 1.04 bits per heavy atom. The molecule has 132 valence electrons. The maximum absolute atomic E-state index is 6.49. The van der Waals surface area contributed by atoms with E-state index in [-0.39, 0.29) is 0 Å². The highest BCUT2D eigenvalue weighted by Crippen LogP contribution is 2.32. The molecular weight excluding hydrogens is 360 g/mol. The predicted molar refractivity (Wildman–Crippen MR) is 108 cm³/mol. The van der Waals surface area contributed by atoms with Gasteiger partial charge in [-0.1, -0.05) is 23.7 Å². The highest BCUT2D eigenvalue weighted by atomic mass is 35.5. The van der Waals surface area contributed by atoms with Gasteiger partial charge in [0.15, 0.2) is 5.82 Å². The average Bonchev–Trinajstić information content (AvgIpc) is 3.29. The molecular formula is C20H15ClN6. The van der Waals surface area contributed by atoms with Crippen LogP contribution >= 0.6 is 11.6 Å². The summed E-state index contributed by atoms with van der Waals surface area (Å²) in [5.41, 5.74) is 4.81. The van der Waals surface area contributed by atoms with Gasteiger partial charge in [0.2, 0.25) is 0 Å². The second kappa shape index (κ2) is 6.10. The Balaban J connectivity index is 1.51. The number of aromatic nitrogens is 5. The minimum atomic E-state index is 0.602. The summed E-state index contributed by atoms with van der Waals surface area (Å²) >= 11 is 6.49. The number of aryl methyl sites for hydroxylation is 1. The van der Waals surface area contributed by atoms with E-state index >= 15 is 0 Å². The molecule has 3 aromatic heterocycles. The summed E-state index contributed by atoms with van der Waals surface area (Å²) < 4.78 is 0. The number of nitrogens with one attached hydrogen (secondary N) is 3. The van der Waals surface area contributed by atoms with Crippen molar-refractivity contribution in [2.24, 2.45) is 0 Å². The largest absolute Gasteiger partial charge is 0.359 e. The normalized spacial score (nSPS) is 11.3. The number of H-pyrrole nitrogens is 2. The van der Waals surface area contributed by atoms with Crippen molar-refractivity contribution >= 4 is 44.9 Å². The number of hydrogen-bond acceptors (Lipinski definition) is 4. The van der Waals surface area contributed by atoms with Crippen LogP contribution in [-0.2, 0) is 0 Å². The van der Waals surface area contributed by atoms with Crippen molar-refractivity contribution < 1.29 is 0 Å². The molecule has 0 aliphatic rings. The van der Waals surface area contributed by atoms with Crippen molar-refractivity contribution in [1.82, 2.24) is 25.1 Å². The van der Waals surface area contributed by atoms with Crippen molar-refractivity contribution in [3.05, 3.63) is 65.6 Å². The smallest absolute Gasteiger partial charge is 0.161 e. The van der Waals surface area contributed by atoms with Crippen LogP contribution in [0.4, 0.5) is 11.5 Å². The molecule has 27 heavy (non-hydrogen) atoms. The quantitative estimate of drug-likeness (QED) is 0.405. The predicted octanol–water partition coefficient (Wildman–Crippen LogP) is 5.21. The average molecular weight is 375 g/mol. The summed E-state index contributed by atoms with van der Waals surface area (Å²) in [4.78, 5) is 12.4. The number of benzene rings is 2. The first-order valence-electron chi connectivity index (χ1n) is 8.49. The number of rotatable bonds is 3. The molecule has 5 aromatic rings. The summed E-state index contributed by atoms with van der Waals surface area (Å²) in [5.74, 6) is 1.32. The first-order valence-corrected chi connectivity index (χ1v) is 8.86. The Hall–Kier alpha value is -3.38. The molecule has 0 fully saturated rings. The lowest BCUT2D eigenvalue weighted by Gasteiger charge is -2.09. The molecule has 5 rings (SSSR count). The van der Waals surface area contributed by atoms with Crippen LogP contribution in [0.25, 0.3) is 33.2 Å². The van der Waals surface area contributed by atoms with Gasteiger partial charge in [0.05, 0.1) is 22.4 Å². The third-order valence-corrected chi connectivity index (χ3v) is 4.90. The van der Waals surface area contributed by atoms with E-state index in [1.165, 1.54) is 5.39 Å². The van der Waals surface area contributed by atoms with Gasteiger partial charge >= 0.3 is 0 Å². The standard InChI is InChI=1S/C20H15ClN6/c1-11-8-12-2-3-13(9-17(12)24-11)20-22-7-6-18(26-20)25-16-5-4-15-14(19(16)21)10-23-27-15/h2-10,24H,1H3,(H,23,27)(H,22,25,26). The zero-order valence-corrected chi connectivity index (χ0v) is 15.2. The van der Waals surface area contributed by atoms with Crippen LogP contribution in [0.2, 0.25) is 5.02 Å². The molecule has 0 aliphatic carbocycles. The molecule has 0 unspecified atom stereocenters. The molecule has 0 spiro atoms. The number of anilines is 2. The van der Waals surface area contributed by atoms with Gasteiger partial charge in [0, 0.05) is 28.4 Å². The molecule has 0 atom stereocenters. The second-order valence-electron chi connectivity index (χ2n) is 6.40. The molecule has 3 N–H and O–H groups in total. The Kier molecular flexibility index (Phi) is 3.58. The molecule has 7 heteroatoms. The summed E-state index contributed by atoms with van der Waals surface area (Å²) in [6.07, 6.45) is 3.45. The van der Waals surface area contributed by atoms with E-state index in [9.17, 15) is 0 Å². The van der Waals surface area contributed by atoms with E-state index in [2.05, 4.69) is 48.7 Å². The molecule has 0 saturated heterocycles. The Morgan fingerprint density at radius 2 is 1.96 bits per heavy atom. The van der Waals surface area contributed by atoms with Crippen LogP contribution in [0.5, 0.6) is 0 Å². The number of hydrogen-bond donors (Lipinski definition) is 3. The molecule has 0 amide bonds.